The summed E-state index contributed by atoms with van der Waals surface area (Å²) in [7, 11) is -4.53. The second-order valence-corrected chi connectivity index (χ2v) is 9.53. The SMILES string of the molecule is CCCCCC(O)COc1cccc2c(OCC(O)CCCCC)c(S(=O)(=O)O)ccc12. The van der Waals surface area contributed by atoms with Crippen molar-refractivity contribution in [3.05, 3.63) is 30.3 Å². The van der Waals surface area contributed by atoms with Crippen LogP contribution in [0, 0.1) is 0 Å². The predicted octanol–water partition coefficient (Wildman–Crippen LogP) is 4.73. The van der Waals surface area contributed by atoms with Crippen LogP contribution in [0.5, 0.6) is 11.5 Å². The summed E-state index contributed by atoms with van der Waals surface area (Å²) < 4.78 is 45.1. The van der Waals surface area contributed by atoms with Crippen LogP contribution < -0.4 is 9.47 Å². The maximum Gasteiger partial charge on any atom is 0.298 e. The largest absolute Gasteiger partial charge is 0.490 e. The maximum absolute atomic E-state index is 11.9. The fraction of sp³-hybridized carbons (Fsp3) is 0.583. The van der Waals surface area contributed by atoms with Gasteiger partial charge in [0.05, 0.1) is 12.2 Å². The minimum absolute atomic E-state index is 0.0199. The van der Waals surface area contributed by atoms with Gasteiger partial charge in [-0.25, -0.2) is 0 Å². The molecule has 0 saturated heterocycles. The minimum Gasteiger partial charge on any atom is -0.490 e. The van der Waals surface area contributed by atoms with E-state index in [0.29, 0.717) is 29.4 Å². The zero-order valence-corrected chi connectivity index (χ0v) is 19.8. The summed E-state index contributed by atoms with van der Waals surface area (Å²) in [6.45, 7) is 4.20. The molecule has 8 heteroatoms. The zero-order chi connectivity index (χ0) is 23.6. The lowest BCUT2D eigenvalue weighted by atomic mass is 10.1. The summed E-state index contributed by atoms with van der Waals surface area (Å²) in [6.07, 6.45) is 5.77. The standard InChI is InChI=1S/C24H36O7S/c1-3-5-7-10-18(25)16-30-22-13-9-12-21-20(22)14-15-23(32(27,28)29)24(21)31-17-19(26)11-8-6-4-2/h9,12-15,18-19,25-26H,3-8,10-11,16-17H2,1-2H3,(H,27,28,29). The average Bonchev–Trinajstić information content (AvgIpc) is 2.75. The first kappa shape index (κ1) is 26.4. The fourth-order valence-electron chi connectivity index (χ4n) is 3.55. The van der Waals surface area contributed by atoms with Crippen molar-refractivity contribution in [2.24, 2.45) is 0 Å². The first-order valence-electron chi connectivity index (χ1n) is 11.4. The molecule has 2 aromatic rings. The lowest BCUT2D eigenvalue weighted by Gasteiger charge is -2.18. The van der Waals surface area contributed by atoms with Gasteiger partial charge in [-0.2, -0.15) is 8.42 Å². The normalized spacial score (nSPS) is 13.8. The quantitative estimate of drug-likeness (QED) is 0.256. The second kappa shape index (κ2) is 13.0. The summed E-state index contributed by atoms with van der Waals surface area (Å²) in [5, 5.41) is 21.4. The van der Waals surface area contributed by atoms with Gasteiger partial charge in [-0.3, -0.25) is 4.55 Å². The first-order valence-corrected chi connectivity index (χ1v) is 12.9. The van der Waals surface area contributed by atoms with Gasteiger partial charge in [0.25, 0.3) is 10.1 Å². The Labute approximate surface area is 191 Å². The molecular formula is C24H36O7S. The van der Waals surface area contributed by atoms with Crippen LogP contribution in [-0.2, 0) is 10.1 Å². The van der Waals surface area contributed by atoms with E-state index in [1.165, 1.54) is 6.07 Å². The number of aliphatic hydroxyl groups is 2. The van der Waals surface area contributed by atoms with E-state index in [-0.39, 0.29) is 23.9 Å². The van der Waals surface area contributed by atoms with E-state index in [0.717, 1.165) is 38.5 Å². The number of benzene rings is 2. The molecule has 2 aromatic carbocycles. The molecule has 0 spiro atoms. The van der Waals surface area contributed by atoms with E-state index in [1.54, 1.807) is 24.3 Å². The van der Waals surface area contributed by atoms with Gasteiger partial charge in [0.15, 0.2) is 0 Å². The van der Waals surface area contributed by atoms with Crippen LogP contribution in [0.4, 0.5) is 0 Å². The highest BCUT2D eigenvalue weighted by Crippen LogP contribution is 2.37. The lowest BCUT2D eigenvalue weighted by molar-refractivity contribution is 0.0965. The van der Waals surface area contributed by atoms with Gasteiger partial charge in [-0.1, -0.05) is 64.5 Å². The van der Waals surface area contributed by atoms with Crippen molar-refractivity contribution in [2.45, 2.75) is 82.3 Å². The molecule has 0 aliphatic rings. The third kappa shape index (κ3) is 7.92. The van der Waals surface area contributed by atoms with E-state index in [9.17, 15) is 23.2 Å². The molecule has 2 atom stereocenters. The van der Waals surface area contributed by atoms with Gasteiger partial charge in [-0.15, -0.1) is 0 Å². The third-order valence-electron chi connectivity index (χ3n) is 5.35. The van der Waals surface area contributed by atoms with E-state index < -0.39 is 22.3 Å². The van der Waals surface area contributed by atoms with E-state index >= 15 is 0 Å². The highest BCUT2D eigenvalue weighted by molar-refractivity contribution is 7.86. The fourth-order valence-corrected chi connectivity index (χ4v) is 4.19. The van der Waals surface area contributed by atoms with Gasteiger partial charge in [0.2, 0.25) is 0 Å². The number of fused-ring (bicyclic) bond motifs is 1. The summed E-state index contributed by atoms with van der Waals surface area (Å²) in [5.74, 6) is 0.459. The van der Waals surface area contributed by atoms with E-state index in [1.807, 2.05) is 0 Å². The van der Waals surface area contributed by atoms with Crippen LogP contribution >= 0.6 is 0 Å². The van der Waals surface area contributed by atoms with Gasteiger partial charge >= 0.3 is 0 Å². The minimum atomic E-state index is -4.53. The summed E-state index contributed by atoms with van der Waals surface area (Å²) >= 11 is 0. The van der Waals surface area contributed by atoms with Crippen LogP contribution in [0.15, 0.2) is 35.2 Å². The molecule has 0 radical (unpaired) electrons. The molecule has 0 bridgehead atoms. The van der Waals surface area contributed by atoms with Crippen LogP contribution in [0.2, 0.25) is 0 Å². The van der Waals surface area contributed by atoms with Crippen molar-refractivity contribution in [3.63, 3.8) is 0 Å². The molecule has 0 fully saturated rings. The molecule has 0 amide bonds. The van der Waals surface area contributed by atoms with Crippen LogP contribution in [-0.4, -0.2) is 48.6 Å². The Bertz CT molecular complexity index is 943. The maximum atomic E-state index is 11.9. The lowest BCUT2D eigenvalue weighted by Crippen LogP contribution is -2.19. The number of hydrogen-bond donors (Lipinski definition) is 3. The third-order valence-corrected chi connectivity index (χ3v) is 6.22. The second-order valence-electron chi connectivity index (χ2n) is 8.14. The molecule has 7 nitrogen and oxygen atoms in total. The van der Waals surface area contributed by atoms with Crippen LogP contribution in [0.3, 0.4) is 0 Å². The molecule has 0 aliphatic carbocycles. The van der Waals surface area contributed by atoms with E-state index in [2.05, 4.69) is 13.8 Å². The Morgan fingerprint density at radius 1 is 0.812 bits per heavy atom. The van der Waals surface area contributed by atoms with Crippen molar-refractivity contribution in [1.82, 2.24) is 0 Å². The molecule has 32 heavy (non-hydrogen) atoms. The van der Waals surface area contributed by atoms with Gasteiger partial charge < -0.3 is 19.7 Å². The van der Waals surface area contributed by atoms with Gasteiger partial charge in [0.1, 0.15) is 29.6 Å². The van der Waals surface area contributed by atoms with Crippen LogP contribution in [0.1, 0.15) is 65.2 Å². The number of hydrogen-bond acceptors (Lipinski definition) is 6. The number of ether oxygens (including phenoxy) is 2. The average molecular weight is 469 g/mol. The highest BCUT2D eigenvalue weighted by atomic mass is 32.2. The number of unbranched alkanes of at least 4 members (excludes halogenated alkanes) is 4. The summed E-state index contributed by atoms with van der Waals surface area (Å²) in [5.41, 5.74) is 0. The topological polar surface area (TPSA) is 113 Å². The Kier molecular flexibility index (Phi) is 10.7. The first-order chi connectivity index (χ1) is 15.3. The molecule has 2 unspecified atom stereocenters. The van der Waals surface area contributed by atoms with Crippen LogP contribution in [0.25, 0.3) is 10.8 Å². The molecule has 0 heterocycles. The van der Waals surface area contributed by atoms with Crippen molar-refractivity contribution in [2.75, 3.05) is 13.2 Å². The Balaban J connectivity index is 2.25. The molecule has 0 aliphatic heterocycles. The van der Waals surface area contributed by atoms with Gasteiger partial charge in [0, 0.05) is 10.8 Å². The molecule has 0 saturated carbocycles. The van der Waals surface area contributed by atoms with Crippen molar-refractivity contribution in [1.29, 1.82) is 0 Å². The molecular weight excluding hydrogens is 432 g/mol. The summed E-state index contributed by atoms with van der Waals surface area (Å²) in [4.78, 5) is -0.359. The van der Waals surface area contributed by atoms with Crippen molar-refractivity contribution < 1.29 is 32.7 Å². The number of rotatable bonds is 15. The monoisotopic (exact) mass is 468 g/mol. The smallest absolute Gasteiger partial charge is 0.298 e. The Morgan fingerprint density at radius 2 is 1.41 bits per heavy atom. The predicted molar refractivity (Wildman–Crippen MR) is 125 cm³/mol. The molecule has 2 rings (SSSR count). The molecule has 0 aromatic heterocycles. The highest BCUT2D eigenvalue weighted by Gasteiger charge is 2.22. The van der Waals surface area contributed by atoms with E-state index in [4.69, 9.17) is 9.47 Å². The zero-order valence-electron chi connectivity index (χ0n) is 19.0. The van der Waals surface area contributed by atoms with Crippen molar-refractivity contribution >= 4 is 20.9 Å². The molecule has 3 N–H and O–H groups in total. The summed E-state index contributed by atoms with van der Waals surface area (Å²) in [6, 6.07) is 7.91. The molecule has 180 valence electrons. The number of aliphatic hydroxyl groups excluding tert-OH is 2. The Morgan fingerprint density at radius 3 is 1.97 bits per heavy atom. The Hall–Kier alpha value is -1.87. The van der Waals surface area contributed by atoms with Crippen molar-refractivity contribution in [3.8, 4) is 11.5 Å². The van der Waals surface area contributed by atoms with Gasteiger partial charge in [-0.05, 0) is 31.0 Å².